The van der Waals surface area contributed by atoms with Crippen molar-refractivity contribution in [1.82, 2.24) is 5.32 Å². The zero-order valence-corrected chi connectivity index (χ0v) is 53.5. The van der Waals surface area contributed by atoms with E-state index in [9.17, 15) is 30.3 Å². The zero-order chi connectivity index (χ0) is 61.4. The lowest BCUT2D eigenvalue weighted by Gasteiger charge is -2.40. The lowest BCUT2D eigenvalue weighted by atomic mass is 9.99. The van der Waals surface area contributed by atoms with E-state index < -0.39 is 49.5 Å². The maximum atomic E-state index is 13.1. The molecule has 0 radical (unpaired) electrons. The Morgan fingerprint density at radius 1 is 0.412 bits per heavy atom. The van der Waals surface area contributed by atoms with Gasteiger partial charge in [0.05, 0.1) is 25.4 Å². The van der Waals surface area contributed by atoms with Crippen molar-refractivity contribution in [3.63, 3.8) is 0 Å². The van der Waals surface area contributed by atoms with Gasteiger partial charge in [-0.05, 0) is 122 Å². The number of amides is 1. The summed E-state index contributed by atoms with van der Waals surface area (Å²) in [5.74, 6) is -0.217. The third-order valence-corrected chi connectivity index (χ3v) is 14.8. The molecule has 1 saturated heterocycles. The van der Waals surface area contributed by atoms with E-state index >= 15 is 0 Å². The van der Waals surface area contributed by atoms with Crippen LogP contribution in [0.3, 0.4) is 0 Å². The second-order valence-corrected chi connectivity index (χ2v) is 22.5. The number of hydrogen-bond donors (Lipinski definition) is 6. The first-order chi connectivity index (χ1) is 41.8. The first kappa shape index (κ1) is 78.6. The van der Waals surface area contributed by atoms with Gasteiger partial charge in [-0.25, -0.2) is 0 Å². The Bertz CT molecular complexity index is 1950. The van der Waals surface area contributed by atoms with E-state index in [0.717, 1.165) is 122 Å². The van der Waals surface area contributed by atoms with Crippen LogP contribution in [-0.2, 0) is 14.3 Å². The molecule has 0 bridgehead atoms. The molecule has 0 aromatic heterocycles. The van der Waals surface area contributed by atoms with Gasteiger partial charge in [-0.15, -0.1) is 0 Å². The average molecular weight is 1180 g/mol. The molecule has 9 nitrogen and oxygen atoms in total. The largest absolute Gasteiger partial charge is 0.394 e. The van der Waals surface area contributed by atoms with E-state index in [-0.39, 0.29) is 12.5 Å². The molecule has 1 heterocycles. The van der Waals surface area contributed by atoms with Crippen LogP contribution in [0.2, 0.25) is 0 Å². The maximum absolute atomic E-state index is 13.1. The highest BCUT2D eigenvalue weighted by Crippen LogP contribution is 2.23. The molecule has 0 aromatic carbocycles. The monoisotopic (exact) mass is 1180 g/mol. The number of rotatable bonds is 56. The summed E-state index contributed by atoms with van der Waals surface area (Å²) in [5, 5.41) is 54.6. The Morgan fingerprint density at radius 2 is 0.741 bits per heavy atom. The molecular formula is C76H123NO8. The smallest absolute Gasteiger partial charge is 0.220 e. The first-order valence-corrected chi connectivity index (χ1v) is 33.9. The van der Waals surface area contributed by atoms with Gasteiger partial charge in [-0.2, -0.15) is 0 Å². The summed E-state index contributed by atoms with van der Waals surface area (Å²) in [6, 6.07) is -0.850. The van der Waals surface area contributed by atoms with E-state index in [2.05, 4.69) is 177 Å². The molecule has 480 valence electrons. The molecular weight excluding hydrogens is 1050 g/mol. The summed E-state index contributed by atoms with van der Waals surface area (Å²) in [6.07, 6.45) is 92.9. The lowest BCUT2D eigenvalue weighted by Crippen LogP contribution is -2.60. The summed E-state index contributed by atoms with van der Waals surface area (Å²) in [5.41, 5.74) is 0. The van der Waals surface area contributed by atoms with Crippen molar-refractivity contribution in [3.05, 3.63) is 170 Å². The van der Waals surface area contributed by atoms with Crippen molar-refractivity contribution in [2.75, 3.05) is 13.2 Å². The average Bonchev–Trinajstić information content (AvgIpc) is 3.68. The minimum atomic E-state index is -1.59. The van der Waals surface area contributed by atoms with Crippen LogP contribution in [0, 0.1) is 0 Å². The van der Waals surface area contributed by atoms with Crippen molar-refractivity contribution in [3.8, 4) is 0 Å². The van der Waals surface area contributed by atoms with Gasteiger partial charge in [-0.1, -0.05) is 287 Å². The van der Waals surface area contributed by atoms with Crippen LogP contribution in [0.1, 0.15) is 245 Å². The van der Waals surface area contributed by atoms with Crippen LogP contribution in [0.5, 0.6) is 0 Å². The SMILES string of the molecule is CC/C=C\C/C=C\C/C=C\C/C=C\C/C=C\C/C=C\C/C=C\C/C=C\C/C=C\C/C=C\C/C=C\C/C=C\CCCCCCC(=O)NC(COC1OC(CO)C(O)C(O)C1O)C(O)/C=C/CC/C=C/CCCCCCCCCCCCCCCCC. The molecule has 1 aliphatic rings. The van der Waals surface area contributed by atoms with Crippen LogP contribution < -0.4 is 5.32 Å². The molecule has 7 unspecified atom stereocenters. The molecule has 85 heavy (non-hydrogen) atoms. The normalized spacial score (nSPS) is 19.3. The molecule has 1 amide bonds. The van der Waals surface area contributed by atoms with Crippen molar-refractivity contribution in [2.24, 2.45) is 0 Å². The summed E-state index contributed by atoms with van der Waals surface area (Å²) >= 11 is 0. The van der Waals surface area contributed by atoms with Gasteiger partial charge in [0.15, 0.2) is 6.29 Å². The number of hydrogen-bond acceptors (Lipinski definition) is 8. The van der Waals surface area contributed by atoms with Crippen LogP contribution in [0.25, 0.3) is 0 Å². The fourth-order valence-electron chi connectivity index (χ4n) is 9.51. The van der Waals surface area contributed by atoms with Gasteiger partial charge in [0.1, 0.15) is 24.4 Å². The predicted octanol–water partition coefficient (Wildman–Crippen LogP) is 18.5. The second-order valence-electron chi connectivity index (χ2n) is 22.5. The van der Waals surface area contributed by atoms with Gasteiger partial charge in [-0.3, -0.25) is 4.79 Å². The third kappa shape index (κ3) is 51.3. The predicted molar refractivity (Wildman–Crippen MR) is 363 cm³/mol. The van der Waals surface area contributed by atoms with Gasteiger partial charge in [0.25, 0.3) is 0 Å². The standard InChI is InChI=1S/C76H123NO8/c1-3-5-7-9-11-13-15-17-19-21-23-25-26-27-28-29-30-31-32-33-34-35-36-37-38-39-40-41-42-43-44-46-48-50-52-54-56-58-60-62-64-66-72(80)77-69(68-84-76-75(83)74(82)73(81)71(67-78)85-76)70(79)65-63-61-59-57-55-53-51-49-47-45-24-22-20-18-16-14-12-10-8-6-4-2/h5,7,11,13,17,19,23,25,27-28,30-31,33-34,36-37,39-40,42-43,46,48,52,54-55,57,63,65,69-71,73-76,78-79,81-83H,3-4,6,8-10,12,14-16,18,20-22,24,26,29,32,35,38,41,44-45,47,49-51,53,56,58-62,64,66-68H2,1-2H3,(H,77,80)/b7-5-,13-11-,19-17-,25-23-,28-27-,31-30-,34-33-,37-36-,40-39-,43-42-,48-46-,54-52-,57-55+,65-63+. The molecule has 1 fully saturated rings. The Balaban J connectivity index is 2.22. The molecule has 7 atom stereocenters. The van der Waals surface area contributed by atoms with E-state index in [1.165, 1.54) is 96.3 Å². The molecule has 0 saturated carbocycles. The molecule has 1 rings (SSSR count). The van der Waals surface area contributed by atoms with E-state index in [1.807, 2.05) is 6.08 Å². The van der Waals surface area contributed by atoms with E-state index in [1.54, 1.807) is 6.08 Å². The fourth-order valence-corrected chi connectivity index (χ4v) is 9.51. The van der Waals surface area contributed by atoms with Gasteiger partial charge >= 0.3 is 0 Å². The molecule has 9 heteroatoms. The Hall–Kier alpha value is -4.45. The highest BCUT2D eigenvalue weighted by Gasteiger charge is 2.44. The summed E-state index contributed by atoms with van der Waals surface area (Å²) in [4.78, 5) is 13.1. The summed E-state index contributed by atoms with van der Waals surface area (Å²) in [7, 11) is 0. The van der Waals surface area contributed by atoms with Gasteiger partial charge in [0.2, 0.25) is 5.91 Å². The third-order valence-electron chi connectivity index (χ3n) is 14.8. The lowest BCUT2D eigenvalue weighted by molar-refractivity contribution is -0.302. The van der Waals surface area contributed by atoms with Crippen molar-refractivity contribution >= 4 is 5.91 Å². The maximum Gasteiger partial charge on any atom is 0.220 e. The van der Waals surface area contributed by atoms with Gasteiger partial charge in [0, 0.05) is 6.42 Å². The minimum Gasteiger partial charge on any atom is -0.394 e. The number of allylic oxidation sites excluding steroid dienone is 27. The molecule has 0 aliphatic carbocycles. The molecule has 6 N–H and O–H groups in total. The Labute approximate surface area is 519 Å². The highest BCUT2D eigenvalue weighted by atomic mass is 16.7. The molecule has 1 aliphatic heterocycles. The number of nitrogens with one attached hydrogen (secondary N) is 1. The fraction of sp³-hybridized carbons (Fsp3) is 0.618. The van der Waals surface area contributed by atoms with Crippen LogP contribution in [-0.4, -0.2) is 87.5 Å². The Morgan fingerprint density at radius 3 is 1.13 bits per heavy atom. The number of aliphatic hydroxyl groups is 5. The topological polar surface area (TPSA) is 149 Å². The molecule has 0 spiro atoms. The highest BCUT2D eigenvalue weighted by molar-refractivity contribution is 5.76. The van der Waals surface area contributed by atoms with Crippen molar-refractivity contribution in [2.45, 2.75) is 288 Å². The summed E-state index contributed by atoms with van der Waals surface area (Å²) in [6.45, 7) is 3.63. The van der Waals surface area contributed by atoms with Crippen LogP contribution in [0.15, 0.2) is 170 Å². The van der Waals surface area contributed by atoms with Crippen molar-refractivity contribution in [1.29, 1.82) is 0 Å². The van der Waals surface area contributed by atoms with E-state index in [4.69, 9.17) is 9.47 Å². The first-order valence-electron chi connectivity index (χ1n) is 33.9. The van der Waals surface area contributed by atoms with Crippen LogP contribution in [0.4, 0.5) is 0 Å². The number of unbranched alkanes of at least 4 members (excludes halogenated alkanes) is 20. The minimum absolute atomic E-state index is 0.217. The van der Waals surface area contributed by atoms with Crippen LogP contribution >= 0.6 is 0 Å². The molecule has 0 aromatic rings. The number of carbonyl (C=O) groups excluding carboxylic acids is 1. The number of ether oxygens (including phenoxy) is 2. The summed E-state index contributed by atoms with van der Waals surface area (Å²) < 4.78 is 11.3. The second kappa shape index (κ2) is 62.6. The van der Waals surface area contributed by atoms with Crippen molar-refractivity contribution < 1.29 is 39.8 Å². The van der Waals surface area contributed by atoms with Gasteiger partial charge < -0.3 is 40.3 Å². The quantitative estimate of drug-likeness (QED) is 0.0261. The number of carbonyl (C=O) groups is 1. The zero-order valence-electron chi connectivity index (χ0n) is 53.5. The number of aliphatic hydroxyl groups excluding tert-OH is 5. The Kier molecular flexibility index (Phi) is 57.9. The van der Waals surface area contributed by atoms with E-state index in [0.29, 0.717) is 12.8 Å².